The molecule has 1 N–H and O–H groups in total. The van der Waals surface area contributed by atoms with E-state index in [1.807, 2.05) is 67.5 Å². The number of hydrogen-bond acceptors (Lipinski definition) is 8. The lowest BCUT2D eigenvalue weighted by atomic mass is 10.2. The van der Waals surface area contributed by atoms with Gasteiger partial charge in [-0.05, 0) is 36.4 Å². The molecule has 0 fully saturated rings. The molecular weight excluding hydrogens is 392 g/mol. The van der Waals surface area contributed by atoms with Gasteiger partial charge in [-0.15, -0.1) is 10.2 Å². The molecule has 0 bridgehead atoms. The Kier molecular flexibility index (Phi) is 5.57. The van der Waals surface area contributed by atoms with Crippen molar-refractivity contribution < 1.29 is 18.7 Å². The summed E-state index contributed by atoms with van der Waals surface area (Å²) in [5.74, 6) is 1.64. The van der Waals surface area contributed by atoms with Crippen LogP contribution < -0.4 is 19.7 Å². The van der Waals surface area contributed by atoms with Crippen LogP contribution in [0.4, 0.5) is 11.4 Å². The zero-order valence-electron chi connectivity index (χ0n) is 16.0. The van der Waals surface area contributed by atoms with Gasteiger partial charge in [0, 0.05) is 25.5 Å². The minimum Gasteiger partial charge on any atom is -0.485 e. The number of anilines is 2. The summed E-state index contributed by atoms with van der Waals surface area (Å²) in [6, 6.07) is 15.0. The minimum absolute atomic E-state index is 0.154. The first-order valence-corrected chi connectivity index (χ1v) is 9.99. The molecule has 1 amide bonds. The average Bonchev–Trinajstić information content (AvgIpc) is 3.21. The lowest BCUT2D eigenvalue weighted by Gasteiger charge is -2.23. The van der Waals surface area contributed by atoms with E-state index in [2.05, 4.69) is 15.5 Å². The van der Waals surface area contributed by atoms with Crippen LogP contribution in [0.25, 0.3) is 0 Å². The number of benzene rings is 2. The van der Waals surface area contributed by atoms with Crippen LogP contribution in [0.15, 0.2) is 58.2 Å². The van der Waals surface area contributed by atoms with Gasteiger partial charge in [0.25, 0.3) is 11.1 Å². The number of ether oxygens (including phenoxy) is 2. The number of para-hydroxylation sites is 2. The van der Waals surface area contributed by atoms with Crippen LogP contribution in [-0.4, -0.2) is 42.6 Å². The topological polar surface area (TPSA) is 89.7 Å². The third kappa shape index (κ3) is 4.62. The molecule has 1 aliphatic rings. The summed E-state index contributed by atoms with van der Waals surface area (Å²) in [4.78, 5) is 14.2. The fourth-order valence-corrected chi connectivity index (χ4v) is 3.29. The number of nitrogens with one attached hydrogen (secondary N) is 1. The number of rotatable bonds is 6. The quantitative estimate of drug-likeness (QED) is 0.617. The van der Waals surface area contributed by atoms with Crippen molar-refractivity contribution in [1.29, 1.82) is 0 Å². The lowest BCUT2D eigenvalue weighted by Crippen LogP contribution is -2.21. The van der Waals surface area contributed by atoms with Crippen molar-refractivity contribution in [3.8, 4) is 11.5 Å². The zero-order chi connectivity index (χ0) is 20.2. The molecule has 2 aromatic carbocycles. The van der Waals surface area contributed by atoms with Crippen molar-refractivity contribution in [1.82, 2.24) is 10.2 Å². The maximum Gasteiger partial charge on any atom is 0.277 e. The normalized spacial score (nSPS) is 15.0. The van der Waals surface area contributed by atoms with Gasteiger partial charge < -0.3 is 24.1 Å². The number of hydrogen-bond donors (Lipinski definition) is 1. The number of fused-ring (bicyclic) bond motifs is 1. The van der Waals surface area contributed by atoms with Gasteiger partial charge in [0.1, 0.15) is 6.61 Å². The van der Waals surface area contributed by atoms with E-state index in [-0.39, 0.29) is 18.3 Å². The highest BCUT2D eigenvalue weighted by Gasteiger charge is 2.27. The van der Waals surface area contributed by atoms with Crippen LogP contribution in [0.1, 0.15) is 12.0 Å². The summed E-state index contributed by atoms with van der Waals surface area (Å²) in [7, 11) is 3.93. The summed E-state index contributed by atoms with van der Waals surface area (Å²) < 4.78 is 17.1. The first kappa shape index (κ1) is 19.1. The van der Waals surface area contributed by atoms with Crippen LogP contribution >= 0.6 is 11.8 Å². The highest BCUT2D eigenvalue weighted by Crippen LogP contribution is 2.35. The molecule has 9 heteroatoms. The van der Waals surface area contributed by atoms with Crippen molar-refractivity contribution in [2.75, 3.05) is 36.7 Å². The fraction of sp³-hybridized carbons (Fsp3) is 0.250. The molecule has 150 valence electrons. The Morgan fingerprint density at radius 1 is 1.14 bits per heavy atom. The smallest absolute Gasteiger partial charge is 0.277 e. The second kappa shape index (κ2) is 8.44. The first-order valence-electron chi connectivity index (χ1n) is 9.00. The van der Waals surface area contributed by atoms with Gasteiger partial charge in [-0.25, -0.2) is 0 Å². The number of thioether (sulfide) groups is 1. The lowest BCUT2D eigenvalue weighted by molar-refractivity contribution is -0.113. The van der Waals surface area contributed by atoms with Crippen molar-refractivity contribution in [3.05, 3.63) is 54.4 Å². The third-order valence-corrected chi connectivity index (χ3v) is 5.02. The summed E-state index contributed by atoms with van der Waals surface area (Å²) in [6.07, 6.45) is -0.476. The van der Waals surface area contributed by atoms with Crippen LogP contribution in [0.3, 0.4) is 0 Å². The first-order chi connectivity index (χ1) is 14.1. The zero-order valence-corrected chi connectivity index (χ0v) is 16.8. The van der Waals surface area contributed by atoms with Gasteiger partial charge in [-0.3, -0.25) is 4.79 Å². The van der Waals surface area contributed by atoms with Crippen LogP contribution in [-0.2, 0) is 4.79 Å². The molecule has 4 rings (SSSR count). The molecule has 0 aliphatic carbocycles. The second-order valence-corrected chi connectivity index (χ2v) is 7.48. The Hall–Kier alpha value is -3.20. The maximum absolute atomic E-state index is 12.2. The average molecular weight is 412 g/mol. The Morgan fingerprint density at radius 2 is 1.90 bits per heavy atom. The Labute approximate surface area is 172 Å². The van der Waals surface area contributed by atoms with E-state index in [9.17, 15) is 4.79 Å². The summed E-state index contributed by atoms with van der Waals surface area (Å²) in [5.41, 5.74) is 1.80. The van der Waals surface area contributed by atoms with Crippen molar-refractivity contribution in [2.45, 2.75) is 11.3 Å². The maximum atomic E-state index is 12.2. The molecule has 0 saturated carbocycles. The summed E-state index contributed by atoms with van der Waals surface area (Å²) in [6.45, 7) is 0.284. The van der Waals surface area contributed by atoms with Gasteiger partial charge in [0.2, 0.25) is 12.0 Å². The minimum atomic E-state index is -0.476. The Bertz CT molecular complexity index is 990. The Morgan fingerprint density at radius 3 is 2.66 bits per heavy atom. The number of amides is 1. The van der Waals surface area contributed by atoms with Gasteiger partial charge in [0.15, 0.2) is 11.5 Å². The largest absolute Gasteiger partial charge is 0.485 e. The summed E-state index contributed by atoms with van der Waals surface area (Å²) >= 11 is 1.17. The molecule has 8 nitrogen and oxygen atoms in total. The van der Waals surface area contributed by atoms with Gasteiger partial charge in [0.05, 0.1) is 5.75 Å². The molecule has 1 aliphatic heterocycles. The van der Waals surface area contributed by atoms with Gasteiger partial charge >= 0.3 is 0 Å². The molecular formula is C20H20N4O4S. The molecule has 0 radical (unpaired) electrons. The van der Waals surface area contributed by atoms with Gasteiger partial charge in [-0.2, -0.15) is 0 Å². The molecule has 1 aromatic heterocycles. The Balaban J connectivity index is 1.30. The van der Waals surface area contributed by atoms with E-state index in [0.29, 0.717) is 22.6 Å². The standard InChI is InChI=1S/C20H20N4O4S/c1-24(2)14-9-7-13(8-10-14)21-18(25)12-29-20-23-22-19(28-20)17-11-26-15-5-3-4-6-16(15)27-17/h3-10,17H,11-12H2,1-2H3,(H,21,25)/t17-/m1/s1. The van der Waals surface area contributed by atoms with E-state index in [1.165, 1.54) is 11.8 Å². The predicted octanol–water partition coefficient (Wildman–Crippen LogP) is 3.38. The monoisotopic (exact) mass is 412 g/mol. The summed E-state index contributed by atoms with van der Waals surface area (Å²) in [5, 5.41) is 11.2. The van der Waals surface area contributed by atoms with E-state index in [1.54, 1.807) is 0 Å². The third-order valence-electron chi connectivity index (χ3n) is 4.20. The number of nitrogens with zero attached hydrogens (tertiary/aromatic N) is 3. The molecule has 3 aromatic rings. The SMILES string of the molecule is CN(C)c1ccc(NC(=O)CSc2nnc([C@H]3COc4ccccc4O3)o2)cc1. The molecule has 0 spiro atoms. The van der Waals surface area contributed by atoms with Crippen LogP contribution in [0.5, 0.6) is 11.5 Å². The van der Waals surface area contributed by atoms with Crippen molar-refractivity contribution in [3.63, 3.8) is 0 Å². The second-order valence-electron chi connectivity index (χ2n) is 6.55. The predicted molar refractivity (Wildman–Crippen MR) is 110 cm³/mol. The van der Waals surface area contributed by atoms with Gasteiger partial charge in [-0.1, -0.05) is 23.9 Å². The van der Waals surface area contributed by atoms with Crippen LogP contribution in [0, 0.1) is 0 Å². The molecule has 0 saturated heterocycles. The molecule has 1 atom stereocenters. The molecule has 2 heterocycles. The number of aromatic nitrogens is 2. The molecule has 29 heavy (non-hydrogen) atoms. The highest BCUT2D eigenvalue weighted by molar-refractivity contribution is 7.99. The number of carbonyl (C=O) groups is 1. The van der Waals surface area contributed by atoms with E-state index >= 15 is 0 Å². The van der Waals surface area contributed by atoms with Crippen molar-refractivity contribution >= 4 is 29.0 Å². The van der Waals surface area contributed by atoms with E-state index in [0.717, 1.165) is 11.4 Å². The number of carbonyl (C=O) groups excluding carboxylic acids is 1. The van der Waals surface area contributed by atoms with Crippen molar-refractivity contribution in [2.24, 2.45) is 0 Å². The molecule has 0 unspecified atom stereocenters. The van der Waals surface area contributed by atoms with Crippen LogP contribution in [0.2, 0.25) is 0 Å². The fourth-order valence-electron chi connectivity index (χ4n) is 2.72. The highest BCUT2D eigenvalue weighted by atomic mass is 32.2. The van der Waals surface area contributed by atoms with E-state index in [4.69, 9.17) is 13.9 Å². The van der Waals surface area contributed by atoms with E-state index < -0.39 is 6.10 Å².